The van der Waals surface area contributed by atoms with E-state index in [4.69, 9.17) is 25.4 Å². The van der Waals surface area contributed by atoms with Gasteiger partial charge in [0, 0.05) is 0 Å². The molecular formula is C33H53N3O13. The number of benzene rings is 1. The molecule has 3 amide bonds. The Morgan fingerprint density at radius 2 is 1.00 bits per heavy atom. The third-order valence-corrected chi connectivity index (χ3v) is 6.19. The SMILES string of the molecule is CC(C)CC(C(=O)O)C(=O)NO.CC(C)CC(C(=O)O)C(=O)NOC(=O)C(C)(C)C.CC(C)CC(C(=O)O)C(=O)NOCc1ccccc1. The first-order valence-corrected chi connectivity index (χ1v) is 15.6. The second-order valence-electron chi connectivity index (χ2n) is 13.4. The maximum absolute atomic E-state index is 11.7. The molecule has 16 nitrogen and oxygen atoms in total. The maximum Gasteiger partial charge on any atom is 0.337 e. The molecular weight excluding hydrogens is 646 g/mol. The van der Waals surface area contributed by atoms with Crippen molar-refractivity contribution in [3.8, 4) is 0 Å². The zero-order chi connectivity index (χ0) is 38.5. The van der Waals surface area contributed by atoms with Crippen molar-refractivity contribution in [2.75, 3.05) is 0 Å². The summed E-state index contributed by atoms with van der Waals surface area (Å²) in [4.78, 5) is 87.4. The van der Waals surface area contributed by atoms with Crippen LogP contribution in [-0.4, -0.2) is 62.1 Å². The van der Waals surface area contributed by atoms with Crippen molar-refractivity contribution in [2.24, 2.45) is 40.9 Å². The first-order valence-electron chi connectivity index (χ1n) is 15.6. The van der Waals surface area contributed by atoms with Gasteiger partial charge in [-0.15, -0.1) is 0 Å². The number of carbonyl (C=O) groups excluding carboxylic acids is 4. The minimum Gasteiger partial charge on any atom is -0.481 e. The highest BCUT2D eigenvalue weighted by Gasteiger charge is 2.31. The van der Waals surface area contributed by atoms with Crippen LogP contribution in [0.25, 0.3) is 0 Å². The summed E-state index contributed by atoms with van der Waals surface area (Å²) in [6, 6.07) is 9.31. The fourth-order valence-corrected chi connectivity index (χ4v) is 3.61. The molecule has 0 spiro atoms. The summed E-state index contributed by atoms with van der Waals surface area (Å²) in [5.41, 5.74) is 5.58. The zero-order valence-electron chi connectivity index (χ0n) is 29.6. The molecule has 1 aromatic carbocycles. The molecule has 7 N–H and O–H groups in total. The van der Waals surface area contributed by atoms with Crippen LogP contribution in [0.3, 0.4) is 0 Å². The third-order valence-electron chi connectivity index (χ3n) is 6.19. The molecule has 1 rings (SSSR count). The first kappa shape index (κ1) is 46.5. The highest BCUT2D eigenvalue weighted by molar-refractivity contribution is 5.97. The molecule has 0 heterocycles. The minimum absolute atomic E-state index is 0.0511. The molecule has 49 heavy (non-hydrogen) atoms. The van der Waals surface area contributed by atoms with Crippen molar-refractivity contribution < 1.29 is 63.8 Å². The van der Waals surface area contributed by atoms with Crippen LogP contribution in [-0.2, 0) is 49.8 Å². The molecule has 0 aliphatic rings. The van der Waals surface area contributed by atoms with E-state index in [1.165, 1.54) is 5.48 Å². The topological polar surface area (TPSA) is 255 Å². The molecule has 0 fully saturated rings. The van der Waals surface area contributed by atoms with Gasteiger partial charge >= 0.3 is 23.9 Å². The van der Waals surface area contributed by atoms with Crippen LogP contribution < -0.4 is 16.4 Å². The Morgan fingerprint density at radius 1 is 0.633 bits per heavy atom. The van der Waals surface area contributed by atoms with Gasteiger partial charge in [-0.25, -0.2) is 15.8 Å². The number of carboxylic acids is 3. The Kier molecular flexibility index (Phi) is 22.5. The number of aliphatic carboxylic acids is 3. The largest absolute Gasteiger partial charge is 0.481 e. The van der Waals surface area contributed by atoms with Gasteiger partial charge in [0.15, 0.2) is 0 Å². The Balaban J connectivity index is 0. The summed E-state index contributed by atoms with van der Waals surface area (Å²) in [5.74, 6) is -9.65. The van der Waals surface area contributed by atoms with Crippen molar-refractivity contribution in [1.29, 1.82) is 0 Å². The summed E-state index contributed by atoms with van der Waals surface area (Å²) < 4.78 is 0. The number of carbonyl (C=O) groups is 7. The molecule has 0 bridgehead atoms. The van der Waals surface area contributed by atoms with E-state index in [2.05, 4.69) is 10.3 Å². The second-order valence-corrected chi connectivity index (χ2v) is 13.4. The summed E-state index contributed by atoms with van der Waals surface area (Å²) in [7, 11) is 0. The van der Waals surface area contributed by atoms with E-state index in [9.17, 15) is 33.6 Å². The molecule has 0 aliphatic heterocycles. The average Bonchev–Trinajstić information content (AvgIpc) is 2.99. The molecule has 0 aliphatic carbocycles. The summed E-state index contributed by atoms with van der Waals surface area (Å²) >= 11 is 0. The fraction of sp³-hybridized carbons (Fsp3) is 0.606. The lowest BCUT2D eigenvalue weighted by Gasteiger charge is -2.18. The summed E-state index contributed by atoms with van der Waals surface area (Å²) in [6.45, 7) is 16.1. The van der Waals surface area contributed by atoms with E-state index in [0.29, 0.717) is 0 Å². The molecule has 3 atom stereocenters. The van der Waals surface area contributed by atoms with E-state index in [0.717, 1.165) is 5.56 Å². The smallest absolute Gasteiger partial charge is 0.337 e. The highest BCUT2D eigenvalue weighted by atomic mass is 16.7. The van der Waals surface area contributed by atoms with E-state index < -0.39 is 64.8 Å². The van der Waals surface area contributed by atoms with Crippen LogP contribution in [0.15, 0.2) is 30.3 Å². The van der Waals surface area contributed by atoms with Gasteiger partial charge in [0.05, 0.1) is 12.0 Å². The molecule has 0 saturated carbocycles. The summed E-state index contributed by atoms with van der Waals surface area (Å²) in [5, 5.41) is 34.7. The van der Waals surface area contributed by atoms with Gasteiger partial charge in [-0.2, -0.15) is 5.48 Å². The van der Waals surface area contributed by atoms with E-state index in [1.54, 1.807) is 34.6 Å². The van der Waals surface area contributed by atoms with Crippen LogP contribution in [0.5, 0.6) is 0 Å². The van der Waals surface area contributed by atoms with Crippen LogP contribution in [0.2, 0.25) is 0 Å². The number of carboxylic acid groups (broad SMARTS) is 3. The summed E-state index contributed by atoms with van der Waals surface area (Å²) in [6.07, 6.45) is 0.700. The van der Waals surface area contributed by atoms with Crippen LogP contribution in [0, 0.1) is 40.9 Å². The predicted molar refractivity (Wildman–Crippen MR) is 175 cm³/mol. The van der Waals surface area contributed by atoms with Crippen molar-refractivity contribution in [3.05, 3.63) is 35.9 Å². The van der Waals surface area contributed by atoms with Gasteiger partial charge in [-0.1, -0.05) is 71.9 Å². The molecule has 1 aromatic rings. The number of hydrogen-bond donors (Lipinski definition) is 7. The molecule has 16 heteroatoms. The monoisotopic (exact) mass is 699 g/mol. The van der Waals surface area contributed by atoms with E-state index in [1.807, 2.05) is 63.5 Å². The standard InChI is InChI=1S/C14H19NO4.C12H21NO5.C7H13NO4/c1-10(2)8-12(14(17)18)13(16)15-19-9-11-6-4-3-5-7-11;1-7(2)6-8(10(15)16)9(14)13-18-11(17)12(3,4)5;1-4(2)3-5(7(10)11)6(9)8-12/h3-7,10,12H,8-9H2,1-2H3,(H,15,16)(H,17,18);7-8H,6H2,1-5H3,(H,13,14)(H,15,16);4-5,12H,3H2,1-2H3,(H,8,9)(H,10,11). The second kappa shape index (κ2) is 23.7. The fourth-order valence-electron chi connectivity index (χ4n) is 3.61. The lowest BCUT2D eigenvalue weighted by atomic mass is 9.96. The Morgan fingerprint density at radius 3 is 1.33 bits per heavy atom. The van der Waals surface area contributed by atoms with Gasteiger partial charge < -0.3 is 20.2 Å². The number of hydroxylamine groups is 3. The third kappa shape index (κ3) is 21.8. The normalized spacial score (nSPS) is 12.6. The van der Waals surface area contributed by atoms with Crippen molar-refractivity contribution in [3.63, 3.8) is 0 Å². The van der Waals surface area contributed by atoms with Crippen LogP contribution in [0.1, 0.15) is 87.1 Å². The van der Waals surface area contributed by atoms with Crippen molar-refractivity contribution in [1.82, 2.24) is 16.4 Å². The zero-order valence-corrected chi connectivity index (χ0v) is 29.6. The van der Waals surface area contributed by atoms with E-state index in [-0.39, 0.29) is 43.6 Å². The highest BCUT2D eigenvalue weighted by Crippen LogP contribution is 2.16. The Bertz CT molecular complexity index is 1210. The number of rotatable bonds is 15. The lowest BCUT2D eigenvalue weighted by Crippen LogP contribution is -2.39. The van der Waals surface area contributed by atoms with Crippen LogP contribution in [0.4, 0.5) is 0 Å². The molecule has 0 aromatic heterocycles. The quantitative estimate of drug-likeness (QED) is 0.0786. The van der Waals surface area contributed by atoms with Crippen molar-refractivity contribution in [2.45, 2.75) is 88.2 Å². The van der Waals surface area contributed by atoms with Gasteiger partial charge in [-0.3, -0.25) is 38.8 Å². The van der Waals surface area contributed by atoms with Gasteiger partial charge in [-0.05, 0) is 63.4 Å². The molecule has 0 saturated heterocycles. The lowest BCUT2D eigenvalue weighted by molar-refractivity contribution is -0.169. The molecule has 3 unspecified atom stereocenters. The number of hydrogen-bond acceptors (Lipinski definition) is 10. The molecule has 0 radical (unpaired) electrons. The van der Waals surface area contributed by atoms with E-state index >= 15 is 0 Å². The number of nitrogens with one attached hydrogen (secondary N) is 3. The van der Waals surface area contributed by atoms with Gasteiger partial charge in [0.1, 0.15) is 17.8 Å². The van der Waals surface area contributed by atoms with Crippen LogP contribution >= 0.6 is 0 Å². The minimum atomic E-state index is -1.23. The number of amides is 3. The Hall–Kier alpha value is -4.57. The Labute approximate surface area is 286 Å². The first-order chi connectivity index (χ1) is 22.5. The maximum atomic E-state index is 11.7. The van der Waals surface area contributed by atoms with Crippen molar-refractivity contribution >= 4 is 41.6 Å². The predicted octanol–water partition coefficient (Wildman–Crippen LogP) is 3.57. The molecule has 278 valence electrons. The van der Waals surface area contributed by atoms with Gasteiger partial charge in [0.25, 0.3) is 17.7 Å². The average molecular weight is 700 g/mol. The van der Waals surface area contributed by atoms with Gasteiger partial charge in [0.2, 0.25) is 0 Å².